The number of amides is 1. The van der Waals surface area contributed by atoms with E-state index >= 15 is 0 Å². The summed E-state index contributed by atoms with van der Waals surface area (Å²) in [4.78, 5) is 13.2. The first kappa shape index (κ1) is 9.22. The van der Waals surface area contributed by atoms with Gasteiger partial charge in [0.15, 0.2) is 0 Å². The van der Waals surface area contributed by atoms with Crippen molar-refractivity contribution in [2.75, 3.05) is 6.61 Å². The molecular formula is C12H10N2O2. The van der Waals surface area contributed by atoms with E-state index in [1.54, 1.807) is 4.90 Å². The highest BCUT2D eigenvalue weighted by Crippen LogP contribution is 2.28. The summed E-state index contributed by atoms with van der Waals surface area (Å²) in [7, 11) is 0. The second-order valence-electron chi connectivity index (χ2n) is 4.16. The van der Waals surface area contributed by atoms with Gasteiger partial charge in [0.2, 0.25) is 0 Å². The summed E-state index contributed by atoms with van der Waals surface area (Å²) < 4.78 is 5.01. The molecule has 0 spiro atoms. The largest absolute Gasteiger partial charge is 0.447 e. The Kier molecular flexibility index (Phi) is 1.87. The van der Waals surface area contributed by atoms with Crippen molar-refractivity contribution in [3.63, 3.8) is 0 Å². The van der Waals surface area contributed by atoms with Crippen LogP contribution < -0.4 is 0 Å². The molecule has 1 amide bonds. The molecule has 1 unspecified atom stereocenters. The molecule has 4 nitrogen and oxygen atoms in total. The number of benzene rings is 1. The zero-order valence-corrected chi connectivity index (χ0v) is 8.64. The van der Waals surface area contributed by atoms with Gasteiger partial charge in [0.05, 0.1) is 17.7 Å². The van der Waals surface area contributed by atoms with Crippen LogP contribution in [0.25, 0.3) is 0 Å². The van der Waals surface area contributed by atoms with E-state index < -0.39 is 0 Å². The maximum Gasteiger partial charge on any atom is 0.410 e. The fourth-order valence-corrected chi connectivity index (χ4v) is 2.33. The van der Waals surface area contributed by atoms with Crippen LogP contribution in [0.2, 0.25) is 0 Å². The zero-order chi connectivity index (χ0) is 11.1. The second kappa shape index (κ2) is 3.24. The van der Waals surface area contributed by atoms with Gasteiger partial charge in [-0.05, 0) is 29.7 Å². The Morgan fingerprint density at radius 1 is 1.44 bits per heavy atom. The van der Waals surface area contributed by atoms with Gasteiger partial charge in [-0.15, -0.1) is 0 Å². The van der Waals surface area contributed by atoms with Crippen molar-refractivity contribution in [2.24, 2.45) is 0 Å². The third-order valence-corrected chi connectivity index (χ3v) is 3.21. The number of cyclic esters (lactones) is 1. The lowest BCUT2D eigenvalue weighted by Gasteiger charge is -2.28. The number of nitriles is 1. The third kappa shape index (κ3) is 1.25. The van der Waals surface area contributed by atoms with Crippen molar-refractivity contribution in [1.82, 2.24) is 4.90 Å². The normalized spacial score (nSPS) is 22.1. The summed E-state index contributed by atoms with van der Waals surface area (Å²) in [6.07, 6.45) is 0.588. The van der Waals surface area contributed by atoms with Crippen LogP contribution in [0.15, 0.2) is 18.2 Å². The number of nitrogens with zero attached hydrogens (tertiary/aromatic N) is 2. The van der Waals surface area contributed by atoms with E-state index in [-0.39, 0.29) is 12.1 Å². The minimum absolute atomic E-state index is 0.174. The quantitative estimate of drug-likeness (QED) is 0.656. The number of hydrogen-bond acceptors (Lipinski definition) is 3. The molecule has 1 atom stereocenters. The van der Waals surface area contributed by atoms with Gasteiger partial charge >= 0.3 is 6.09 Å². The monoisotopic (exact) mass is 214 g/mol. The number of carbonyl (C=O) groups excluding carboxylic acids is 1. The van der Waals surface area contributed by atoms with Gasteiger partial charge in [-0.2, -0.15) is 5.26 Å². The van der Waals surface area contributed by atoms with Crippen LogP contribution in [0.3, 0.4) is 0 Å². The van der Waals surface area contributed by atoms with Crippen molar-refractivity contribution in [3.05, 3.63) is 34.9 Å². The summed E-state index contributed by atoms with van der Waals surface area (Å²) in [6.45, 7) is 1.05. The minimum Gasteiger partial charge on any atom is -0.447 e. The van der Waals surface area contributed by atoms with Gasteiger partial charge in [-0.3, -0.25) is 4.90 Å². The molecule has 80 valence electrons. The second-order valence-corrected chi connectivity index (χ2v) is 4.16. The molecule has 0 saturated carbocycles. The molecule has 0 aliphatic carbocycles. The summed E-state index contributed by atoms with van der Waals surface area (Å²) in [5.74, 6) is 0. The highest BCUT2D eigenvalue weighted by atomic mass is 16.6. The molecule has 1 fully saturated rings. The average molecular weight is 214 g/mol. The molecule has 0 aromatic heterocycles. The van der Waals surface area contributed by atoms with E-state index in [9.17, 15) is 4.79 Å². The topological polar surface area (TPSA) is 53.3 Å². The van der Waals surface area contributed by atoms with Gasteiger partial charge in [0.25, 0.3) is 0 Å². The summed E-state index contributed by atoms with van der Waals surface area (Å²) in [5.41, 5.74) is 2.93. The fourth-order valence-electron chi connectivity index (χ4n) is 2.33. The van der Waals surface area contributed by atoms with Crippen LogP contribution in [0.4, 0.5) is 4.79 Å². The Morgan fingerprint density at radius 2 is 2.31 bits per heavy atom. The number of ether oxygens (including phenoxy) is 1. The van der Waals surface area contributed by atoms with Crippen LogP contribution in [0.5, 0.6) is 0 Å². The number of hydrogen-bond donors (Lipinski definition) is 0. The molecule has 1 saturated heterocycles. The highest BCUT2D eigenvalue weighted by Gasteiger charge is 2.36. The van der Waals surface area contributed by atoms with Crippen LogP contribution in [0.1, 0.15) is 16.7 Å². The standard InChI is InChI=1S/C12H10N2O2/c13-5-8-1-2-9-4-11-7-16-12(15)14(11)6-10(9)3-8/h1-3,11H,4,6-7H2. The number of carbonyl (C=O) groups is 1. The SMILES string of the molecule is N#Cc1ccc2c(c1)CN1C(=O)OCC1C2. The maximum atomic E-state index is 11.4. The van der Waals surface area contributed by atoms with E-state index in [1.165, 1.54) is 5.56 Å². The van der Waals surface area contributed by atoms with Crippen LogP contribution in [-0.4, -0.2) is 23.6 Å². The van der Waals surface area contributed by atoms with Crippen LogP contribution >= 0.6 is 0 Å². The number of fused-ring (bicyclic) bond motifs is 2. The van der Waals surface area contributed by atoms with Crippen LogP contribution in [-0.2, 0) is 17.7 Å². The Bertz CT molecular complexity index is 504. The molecule has 1 aromatic carbocycles. The first-order chi connectivity index (χ1) is 7.78. The van der Waals surface area contributed by atoms with E-state index in [2.05, 4.69) is 6.07 Å². The smallest absolute Gasteiger partial charge is 0.410 e. The van der Waals surface area contributed by atoms with Gasteiger partial charge in [0, 0.05) is 6.54 Å². The molecule has 2 aliphatic rings. The van der Waals surface area contributed by atoms with Gasteiger partial charge in [-0.25, -0.2) is 4.79 Å². The van der Waals surface area contributed by atoms with E-state index in [0.29, 0.717) is 18.7 Å². The molecule has 2 heterocycles. The lowest BCUT2D eigenvalue weighted by molar-refractivity contribution is 0.155. The van der Waals surface area contributed by atoms with Crippen molar-refractivity contribution < 1.29 is 9.53 Å². The van der Waals surface area contributed by atoms with Gasteiger partial charge in [-0.1, -0.05) is 6.07 Å². The number of rotatable bonds is 0. The van der Waals surface area contributed by atoms with Crippen molar-refractivity contribution in [3.8, 4) is 6.07 Å². The fraction of sp³-hybridized carbons (Fsp3) is 0.333. The predicted octanol–water partition coefficient (Wildman–Crippen LogP) is 1.44. The third-order valence-electron chi connectivity index (χ3n) is 3.21. The van der Waals surface area contributed by atoms with E-state index in [0.717, 1.165) is 12.0 Å². The molecule has 4 heteroatoms. The van der Waals surface area contributed by atoms with Crippen LogP contribution in [0, 0.1) is 11.3 Å². The lowest BCUT2D eigenvalue weighted by Crippen LogP contribution is -2.38. The van der Waals surface area contributed by atoms with E-state index in [4.69, 9.17) is 10.00 Å². The molecule has 3 rings (SSSR count). The van der Waals surface area contributed by atoms with Gasteiger partial charge < -0.3 is 4.74 Å². The molecule has 0 radical (unpaired) electrons. The Morgan fingerprint density at radius 3 is 3.12 bits per heavy atom. The van der Waals surface area contributed by atoms with Crippen molar-refractivity contribution in [1.29, 1.82) is 5.26 Å². The summed E-state index contributed by atoms with van der Waals surface area (Å²) in [6, 6.07) is 7.95. The Labute approximate surface area is 93.0 Å². The molecule has 0 N–H and O–H groups in total. The molecular weight excluding hydrogens is 204 g/mol. The zero-order valence-electron chi connectivity index (χ0n) is 8.64. The molecule has 1 aromatic rings. The van der Waals surface area contributed by atoms with E-state index in [1.807, 2.05) is 18.2 Å². The summed E-state index contributed by atoms with van der Waals surface area (Å²) >= 11 is 0. The summed E-state index contributed by atoms with van der Waals surface area (Å²) in [5, 5.41) is 8.82. The predicted molar refractivity (Wildman–Crippen MR) is 55.5 cm³/mol. The first-order valence-corrected chi connectivity index (χ1v) is 5.23. The first-order valence-electron chi connectivity index (χ1n) is 5.23. The van der Waals surface area contributed by atoms with Gasteiger partial charge in [0.1, 0.15) is 6.61 Å². The Hall–Kier alpha value is -2.02. The molecule has 0 bridgehead atoms. The highest BCUT2D eigenvalue weighted by molar-refractivity contribution is 5.71. The molecule has 16 heavy (non-hydrogen) atoms. The average Bonchev–Trinajstić information content (AvgIpc) is 2.67. The van der Waals surface area contributed by atoms with Crippen molar-refractivity contribution >= 4 is 6.09 Å². The molecule has 2 aliphatic heterocycles. The lowest BCUT2D eigenvalue weighted by atomic mass is 9.94. The Balaban J connectivity index is 1.99. The van der Waals surface area contributed by atoms with Crippen molar-refractivity contribution in [2.45, 2.75) is 19.0 Å². The minimum atomic E-state index is -0.238. The maximum absolute atomic E-state index is 11.4.